The molecule has 2 N–H and O–H groups in total. The molecule has 0 aliphatic carbocycles. The summed E-state index contributed by atoms with van der Waals surface area (Å²) in [5.41, 5.74) is 0.446. The van der Waals surface area contributed by atoms with Crippen molar-refractivity contribution < 1.29 is 5.11 Å². The summed E-state index contributed by atoms with van der Waals surface area (Å²) < 4.78 is 0. The number of hydrogen-bond acceptors (Lipinski definition) is 6. The second-order valence-corrected chi connectivity index (χ2v) is 7.58. The molecule has 0 amide bonds. The lowest BCUT2D eigenvalue weighted by molar-refractivity contribution is 0.154. The molecule has 0 aromatic carbocycles. The van der Waals surface area contributed by atoms with Gasteiger partial charge in [0.2, 0.25) is 5.95 Å². The molecule has 0 radical (unpaired) electrons. The number of aromatic nitrogens is 2. The van der Waals surface area contributed by atoms with Gasteiger partial charge in [-0.25, -0.2) is 4.98 Å². The van der Waals surface area contributed by atoms with Crippen LogP contribution in [0.2, 0.25) is 0 Å². The van der Waals surface area contributed by atoms with Crippen LogP contribution in [0, 0.1) is 0 Å². The first-order chi connectivity index (χ1) is 11.8. The van der Waals surface area contributed by atoms with Crippen LogP contribution in [-0.4, -0.2) is 64.3 Å². The van der Waals surface area contributed by atoms with E-state index in [-0.39, 0.29) is 6.10 Å². The summed E-state index contributed by atoms with van der Waals surface area (Å²) in [7, 11) is 0. The normalized spacial score (nSPS) is 26.5. The van der Waals surface area contributed by atoms with E-state index in [1.807, 2.05) is 12.3 Å². The number of anilines is 2. The van der Waals surface area contributed by atoms with Gasteiger partial charge in [0.1, 0.15) is 5.82 Å². The maximum absolute atomic E-state index is 9.85. The van der Waals surface area contributed by atoms with Crippen molar-refractivity contribution in [3.05, 3.63) is 12.3 Å². The van der Waals surface area contributed by atoms with Gasteiger partial charge in [-0.05, 0) is 64.1 Å². The first kappa shape index (κ1) is 16.1. The summed E-state index contributed by atoms with van der Waals surface area (Å²) in [5, 5.41) is 13.3. The monoisotopic (exact) mass is 331 g/mol. The third-order valence-corrected chi connectivity index (χ3v) is 6.05. The zero-order valence-corrected chi connectivity index (χ0v) is 14.5. The number of aliphatic hydroxyl groups is 1. The Labute approximate surface area is 144 Å². The molecule has 24 heavy (non-hydrogen) atoms. The van der Waals surface area contributed by atoms with E-state index in [0.29, 0.717) is 18.0 Å². The van der Waals surface area contributed by atoms with Crippen LogP contribution in [0.4, 0.5) is 11.8 Å². The van der Waals surface area contributed by atoms with E-state index >= 15 is 0 Å². The number of fused-ring (bicyclic) bond motifs is 1. The van der Waals surface area contributed by atoms with Crippen molar-refractivity contribution in [2.24, 2.45) is 0 Å². The van der Waals surface area contributed by atoms with E-state index in [2.05, 4.69) is 25.1 Å². The SMILES string of the molecule is OC1CCCN(c2ccnc(NCCC34CCCN3CCC4)n2)C1. The quantitative estimate of drug-likeness (QED) is 0.859. The van der Waals surface area contributed by atoms with Crippen LogP contribution in [0.25, 0.3) is 0 Å². The zero-order chi connectivity index (χ0) is 16.4. The summed E-state index contributed by atoms with van der Waals surface area (Å²) in [6.45, 7) is 5.13. The maximum Gasteiger partial charge on any atom is 0.224 e. The number of nitrogens with one attached hydrogen (secondary N) is 1. The fraction of sp³-hybridized carbons (Fsp3) is 0.778. The second kappa shape index (κ2) is 6.84. The first-order valence-electron chi connectivity index (χ1n) is 9.50. The van der Waals surface area contributed by atoms with Crippen LogP contribution in [0.1, 0.15) is 44.9 Å². The summed E-state index contributed by atoms with van der Waals surface area (Å²) in [4.78, 5) is 13.9. The molecule has 3 fully saturated rings. The zero-order valence-electron chi connectivity index (χ0n) is 14.5. The van der Waals surface area contributed by atoms with E-state index in [1.165, 1.54) is 45.2 Å². The van der Waals surface area contributed by atoms with Gasteiger partial charge in [0.05, 0.1) is 6.10 Å². The third kappa shape index (κ3) is 3.22. The lowest BCUT2D eigenvalue weighted by Crippen LogP contribution is -2.40. The minimum Gasteiger partial charge on any atom is -0.391 e. The van der Waals surface area contributed by atoms with Crippen LogP contribution in [0.3, 0.4) is 0 Å². The van der Waals surface area contributed by atoms with Gasteiger partial charge in [0.25, 0.3) is 0 Å². The Bertz CT molecular complexity index is 556. The molecule has 6 heteroatoms. The number of piperidine rings is 1. The van der Waals surface area contributed by atoms with Crippen LogP contribution in [0.5, 0.6) is 0 Å². The molecule has 3 saturated heterocycles. The van der Waals surface area contributed by atoms with Gasteiger partial charge >= 0.3 is 0 Å². The van der Waals surface area contributed by atoms with Gasteiger partial charge < -0.3 is 15.3 Å². The van der Waals surface area contributed by atoms with Crippen LogP contribution in [0.15, 0.2) is 12.3 Å². The fourth-order valence-corrected chi connectivity index (χ4v) is 4.81. The fourth-order valence-electron chi connectivity index (χ4n) is 4.81. The van der Waals surface area contributed by atoms with E-state index in [9.17, 15) is 5.11 Å². The highest BCUT2D eigenvalue weighted by atomic mass is 16.3. The number of rotatable bonds is 5. The predicted molar refractivity (Wildman–Crippen MR) is 95.4 cm³/mol. The molecule has 4 rings (SSSR count). The predicted octanol–water partition coefficient (Wildman–Crippen LogP) is 1.87. The molecule has 3 aliphatic heterocycles. The van der Waals surface area contributed by atoms with Gasteiger partial charge in [0.15, 0.2) is 0 Å². The lowest BCUT2D eigenvalue weighted by atomic mass is 9.90. The van der Waals surface area contributed by atoms with Crippen molar-refractivity contribution in [2.45, 2.75) is 56.6 Å². The third-order valence-electron chi connectivity index (χ3n) is 6.05. The molecule has 1 unspecified atom stereocenters. The Morgan fingerprint density at radius 2 is 2.04 bits per heavy atom. The molecular formula is C18H29N5O. The van der Waals surface area contributed by atoms with Crippen molar-refractivity contribution >= 4 is 11.8 Å². The molecule has 132 valence electrons. The molecule has 3 aliphatic rings. The van der Waals surface area contributed by atoms with E-state index in [4.69, 9.17) is 0 Å². The van der Waals surface area contributed by atoms with Gasteiger partial charge in [-0.3, -0.25) is 4.90 Å². The summed E-state index contributed by atoms with van der Waals surface area (Å²) in [5.74, 6) is 1.64. The standard InChI is InChI=1S/C18H29N5O/c24-15-4-1-11-22(14-15)16-5-9-19-17(21-16)20-10-8-18-6-2-12-23(18)13-3-7-18/h5,9,15,24H,1-4,6-8,10-14H2,(H,19,20,21). The van der Waals surface area contributed by atoms with Crippen LogP contribution in [-0.2, 0) is 0 Å². The average Bonchev–Trinajstić information content (AvgIpc) is 3.15. The van der Waals surface area contributed by atoms with E-state index < -0.39 is 0 Å². The van der Waals surface area contributed by atoms with Gasteiger partial charge in [0, 0.05) is 31.4 Å². The Balaban J connectivity index is 1.34. The number of nitrogens with zero attached hydrogens (tertiary/aromatic N) is 4. The number of aliphatic hydroxyl groups excluding tert-OH is 1. The summed E-state index contributed by atoms with van der Waals surface area (Å²) in [6.07, 6.45) is 10.1. The summed E-state index contributed by atoms with van der Waals surface area (Å²) >= 11 is 0. The maximum atomic E-state index is 9.85. The molecule has 1 aromatic heterocycles. The van der Waals surface area contributed by atoms with Gasteiger partial charge in [-0.1, -0.05) is 0 Å². The van der Waals surface area contributed by atoms with E-state index in [1.54, 1.807) is 0 Å². The molecule has 0 bridgehead atoms. The minimum absolute atomic E-state index is 0.236. The molecule has 4 heterocycles. The minimum atomic E-state index is -0.236. The molecule has 6 nitrogen and oxygen atoms in total. The van der Waals surface area contributed by atoms with Crippen LogP contribution < -0.4 is 10.2 Å². The lowest BCUT2D eigenvalue weighted by Gasteiger charge is -2.32. The second-order valence-electron chi connectivity index (χ2n) is 7.58. The Hall–Kier alpha value is -1.40. The Kier molecular flexibility index (Phi) is 4.59. The largest absolute Gasteiger partial charge is 0.391 e. The van der Waals surface area contributed by atoms with Crippen molar-refractivity contribution in [2.75, 3.05) is 42.9 Å². The number of hydrogen-bond donors (Lipinski definition) is 2. The van der Waals surface area contributed by atoms with Gasteiger partial charge in [-0.15, -0.1) is 0 Å². The smallest absolute Gasteiger partial charge is 0.224 e. The molecular weight excluding hydrogens is 302 g/mol. The highest BCUT2D eigenvalue weighted by Gasteiger charge is 2.43. The topological polar surface area (TPSA) is 64.5 Å². The molecule has 1 aromatic rings. The summed E-state index contributed by atoms with van der Waals surface area (Å²) in [6, 6.07) is 1.94. The highest BCUT2D eigenvalue weighted by molar-refractivity contribution is 5.43. The van der Waals surface area contributed by atoms with E-state index in [0.717, 1.165) is 31.7 Å². The Morgan fingerprint density at radius 3 is 2.83 bits per heavy atom. The molecule has 0 saturated carbocycles. The molecule has 1 atom stereocenters. The van der Waals surface area contributed by atoms with Crippen molar-refractivity contribution in [1.82, 2.24) is 14.9 Å². The number of β-amino-alcohol motifs (C(OH)–C–C–N with tert-alkyl or cyclic N) is 1. The molecule has 0 spiro atoms. The van der Waals surface area contributed by atoms with Crippen molar-refractivity contribution in [3.8, 4) is 0 Å². The van der Waals surface area contributed by atoms with Crippen molar-refractivity contribution in [1.29, 1.82) is 0 Å². The average molecular weight is 331 g/mol. The first-order valence-corrected chi connectivity index (χ1v) is 9.50. The Morgan fingerprint density at radius 1 is 1.21 bits per heavy atom. The van der Waals surface area contributed by atoms with Crippen molar-refractivity contribution in [3.63, 3.8) is 0 Å². The highest BCUT2D eigenvalue weighted by Crippen LogP contribution is 2.41. The van der Waals surface area contributed by atoms with Gasteiger partial charge in [-0.2, -0.15) is 4.98 Å². The van der Waals surface area contributed by atoms with Crippen LogP contribution >= 0.6 is 0 Å².